The van der Waals surface area contributed by atoms with E-state index in [1.807, 2.05) is 5.32 Å². The summed E-state index contributed by atoms with van der Waals surface area (Å²) in [6.45, 7) is 0. The van der Waals surface area contributed by atoms with Gasteiger partial charge in [-0.25, -0.2) is 32.8 Å². The van der Waals surface area contributed by atoms with Gasteiger partial charge in [-0.05, 0) is 61.2 Å². The van der Waals surface area contributed by atoms with E-state index in [0.717, 1.165) is 12.8 Å². The lowest BCUT2D eigenvalue weighted by atomic mass is 9.76. The minimum Gasteiger partial charge on any atom is -0.344 e. The molecular formula is C28H29F5N10O4. The van der Waals surface area contributed by atoms with Gasteiger partial charge in [0, 0.05) is 25.2 Å². The summed E-state index contributed by atoms with van der Waals surface area (Å²) in [4.78, 5) is 45.1. The van der Waals surface area contributed by atoms with Crippen molar-refractivity contribution in [3.8, 4) is 0 Å². The zero-order valence-corrected chi connectivity index (χ0v) is 24.6. The fourth-order valence-electron chi connectivity index (χ4n) is 6.71. The average molecular weight is 665 g/mol. The Morgan fingerprint density at radius 2 is 1.89 bits per heavy atom. The van der Waals surface area contributed by atoms with Crippen LogP contribution in [-0.4, -0.2) is 70.0 Å². The number of fused-ring (bicyclic) bond motifs is 1. The van der Waals surface area contributed by atoms with Crippen molar-refractivity contribution in [1.82, 2.24) is 50.7 Å². The predicted molar refractivity (Wildman–Crippen MR) is 148 cm³/mol. The van der Waals surface area contributed by atoms with Gasteiger partial charge in [0.25, 0.3) is 5.91 Å². The Morgan fingerprint density at radius 1 is 1.13 bits per heavy atom. The van der Waals surface area contributed by atoms with Gasteiger partial charge in [-0.3, -0.25) is 14.6 Å². The first-order valence-corrected chi connectivity index (χ1v) is 15.2. The normalized spacial score (nSPS) is 24.0. The number of H-pyrrole nitrogens is 2. The lowest BCUT2D eigenvalue weighted by Gasteiger charge is -2.33. The summed E-state index contributed by atoms with van der Waals surface area (Å²) < 4.78 is 75.4. The van der Waals surface area contributed by atoms with E-state index in [1.54, 1.807) is 12.3 Å². The van der Waals surface area contributed by atoms with E-state index in [1.165, 1.54) is 10.7 Å². The second-order valence-electron chi connectivity index (χ2n) is 12.8. The number of rotatable bonds is 9. The van der Waals surface area contributed by atoms with E-state index < -0.39 is 59.4 Å². The van der Waals surface area contributed by atoms with Crippen LogP contribution < -0.4 is 16.3 Å². The second kappa shape index (κ2) is 11.2. The van der Waals surface area contributed by atoms with Crippen LogP contribution in [-0.2, 0) is 17.6 Å². The monoisotopic (exact) mass is 664 g/mol. The van der Waals surface area contributed by atoms with Gasteiger partial charge in [-0.1, -0.05) is 5.16 Å². The van der Waals surface area contributed by atoms with E-state index in [4.69, 9.17) is 4.63 Å². The molecule has 47 heavy (non-hydrogen) atoms. The maximum atomic E-state index is 14.1. The van der Waals surface area contributed by atoms with Gasteiger partial charge in [-0.2, -0.15) is 23.4 Å². The molecule has 14 nitrogen and oxygen atoms in total. The highest BCUT2D eigenvalue weighted by Gasteiger charge is 2.56. The minimum absolute atomic E-state index is 0.0221. The molecule has 0 radical (unpaired) electrons. The topological polar surface area (TPSA) is 189 Å². The summed E-state index contributed by atoms with van der Waals surface area (Å²) in [5.41, 5.74) is -0.849. The molecule has 3 atom stereocenters. The van der Waals surface area contributed by atoms with Crippen LogP contribution in [0.5, 0.6) is 0 Å². The number of aromatic amines is 2. The molecule has 0 spiro atoms. The van der Waals surface area contributed by atoms with E-state index in [0.29, 0.717) is 17.0 Å². The molecule has 2 amide bonds. The summed E-state index contributed by atoms with van der Waals surface area (Å²) in [5.74, 6) is -4.55. The molecule has 4 N–H and O–H groups in total. The van der Waals surface area contributed by atoms with Crippen LogP contribution in [0.15, 0.2) is 27.9 Å². The Bertz CT molecular complexity index is 1870. The molecule has 0 unspecified atom stereocenters. The van der Waals surface area contributed by atoms with Crippen LogP contribution in [0, 0.1) is 11.3 Å². The van der Waals surface area contributed by atoms with Gasteiger partial charge in [0.05, 0.1) is 29.5 Å². The molecule has 1 saturated heterocycles. The number of nitrogens with one attached hydrogen (secondary N) is 4. The highest BCUT2D eigenvalue weighted by Crippen LogP contribution is 2.44. The molecule has 250 valence electrons. The fraction of sp³-hybridized carbons (Fsp3) is 0.571. The van der Waals surface area contributed by atoms with Gasteiger partial charge in [-0.15, -0.1) is 0 Å². The number of hydrogen-bond donors (Lipinski definition) is 4. The molecule has 3 fully saturated rings. The number of carbonyl (C=O) groups excluding carboxylic acids is 2. The molecule has 2 saturated carbocycles. The second-order valence-corrected chi connectivity index (χ2v) is 12.8. The molecule has 19 heteroatoms. The number of hydrogen-bond acceptors (Lipinski definition) is 9. The predicted octanol–water partition coefficient (Wildman–Crippen LogP) is 2.92. The molecule has 3 aliphatic rings. The van der Waals surface area contributed by atoms with Crippen molar-refractivity contribution in [2.24, 2.45) is 11.3 Å². The van der Waals surface area contributed by atoms with Crippen LogP contribution in [0.4, 0.5) is 22.0 Å². The maximum absolute atomic E-state index is 14.1. The zero-order valence-electron chi connectivity index (χ0n) is 24.6. The van der Waals surface area contributed by atoms with Crippen LogP contribution in [0.3, 0.4) is 0 Å². The molecule has 2 aliphatic carbocycles. The molecule has 4 aromatic heterocycles. The summed E-state index contributed by atoms with van der Waals surface area (Å²) in [5, 5.41) is 22.9. The third kappa shape index (κ3) is 6.21. The van der Waals surface area contributed by atoms with Crippen molar-refractivity contribution in [2.45, 2.75) is 87.9 Å². The number of amides is 2. The first kappa shape index (κ1) is 30.9. The van der Waals surface area contributed by atoms with E-state index >= 15 is 0 Å². The van der Waals surface area contributed by atoms with Gasteiger partial charge in [0.2, 0.25) is 11.8 Å². The number of aromatic nitrogens is 8. The zero-order chi connectivity index (χ0) is 33.1. The van der Waals surface area contributed by atoms with Gasteiger partial charge < -0.3 is 10.6 Å². The Kier molecular flexibility index (Phi) is 7.38. The van der Waals surface area contributed by atoms with Gasteiger partial charge >= 0.3 is 11.9 Å². The lowest BCUT2D eigenvalue weighted by Crippen LogP contribution is -2.39. The van der Waals surface area contributed by atoms with Crippen molar-refractivity contribution in [3.63, 3.8) is 0 Å². The molecule has 5 heterocycles. The van der Waals surface area contributed by atoms with Gasteiger partial charge in [0.15, 0.2) is 11.3 Å². The average Bonchev–Trinajstić information content (AvgIpc) is 3.31. The highest BCUT2D eigenvalue weighted by atomic mass is 19.4. The number of nitrogens with zero attached hydrogens (tertiary/aromatic N) is 6. The Morgan fingerprint density at radius 3 is 2.55 bits per heavy atom. The molecule has 0 aromatic carbocycles. The fourth-order valence-corrected chi connectivity index (χ4v) is 6.71. The third-order valence-corrected chi connectivity index (χ3v) is 9.30. The van der Waals surface area contributed by atoms with E-state index in [2.05, 4.69) is 40.9 Å². The number of alkyl halides is 5. The molecule has 0 bridgehead atoms. The first-order chi connectivity index (χ1) is 22.3. The van der Waals surface area contributed by atoms with Crippen molar-refractivity contribution >= 4 is 17.5 Å². The summed E-state index contributed by atoms with van der Waals surface area (Å²) >= 11 is 0. The van der Waals surface area contributed by atoms with Crippen LogP contribution in [0.2, 0.25) is 0 Å². The minimum atomic E-state index is -4.69. The van der Waals surface area contributed by atoms with Crippen molar-refractivity contribution in [1.29, 1.82) is 0 Å². The molecule has 7 rings (SSSR count). The molecular weight excluding hydrogens is 635 g/mol. The Labute approximate surface area is 261 Å². The summed E-state index contributed by atoms with van der Waals surface area (Å²) in [6.07, 6.45) is -1.63. The van der Waals surface area contributed by atoms with E-state index in [-0.39, 0.29) is 61.6 Å². The quantitative estimate of drug-likeness (QED) is 0.195. The standard InChI is InChI=1S/C28H29F5N10O4/c29-27(30)5-3-15(4-6-27)20(38-23(44)22-21(14-1-2-14)41-47-42-22)16-12-43-19(35-16)7-13(11-34-43)8-26(10-18-37-25(46)40-39-18)9-17(28(31,32)33)36-24(26)45/h7,11-12,14-15,17,20H,1-6,8-10H2,(H,36,45)(H,38,44)(H2,37,39,40,46)/t17-,20-,26-/m0/s1. The third-order valence-electron chi connectivity index (χ3n) is 9.30. The van der Waals surface area contributed by atoms with Crippen LogP contribution >= 0.6 is 0 Å². The largest absolute Gasteiger partial charge is 0.408 e. The summed E-state index contributed by atoms with van der Waals surface area (Å²) in [6, 6.07) is -1.34. The Hall–Kier alpha value is -4.71. The highest BCUT2D eigenvalue weighted by molar-refractivity contribution is 5.93. The van der Waals surface area contributed by atoms with Crippen molar-refractivity contribution < 1.29 is 36.2 Å². The van der Waals surface area contributed by atoms with Crippen LogP contribution in [0.25, 0.3) is 5.65 Å². The smallest absolute Gasteiger partial charge is 0.344 e. The molecule has 1 aliphatic heterocycles. The SMILES string of the molecule is O=C(N[C@H](c1cn2ncc(C[C@@]3(Cc4n[nH]c(=O)[nH]4)C[C@@H](C(F)(F)F)NC3=O)cc2n1)C1CCC(F)(F)CC1)c1nonc1C1CC1. The number of halogens is 5. The maximum Gasteiger partial charge on any atom is 0.408 e. The van der Waals surface area contributed by atoms with Crippen molar-refractivity contribution in [3.05, 3.63) is 57.4 Å². The van der Waals surface area contributed by atoms with Gasteiger partial charge in [0.1, 0.15) is 17.6 Å². The number of carbonyl (C=O) groups is 2. The number of imidazole rings is 1. The lowest BCUT2D eigenvalue weighted by molar-refractivity contribution is -0.155. The molecule has 4 aromatic rings. The summed E-state index contributed by atoms with van der Waals surface area (Å²) in [7, 11) is 0. The Balaban J connectivity index is 1.19. The van der Waals surface area contributed by atoms with E-state index in [9.17, 15) is 36.3 Å². The first-order valence-electron chi connectivity index (χ1n) is 15.2. The van der Waals surface area contributed by atoms with Crippen LogP contribution in [0.1, 0.15) is 90.2 Å². The van der Waals surface area contributed by atoms with Crippen molar-refractivity contribution in [2.75, 3.05) is 0 Å².